The van der Waals surface area contributed by atoms with Crippen molar-refractivity contribution in [1.29, 1.82) is 0 Å². The average molecular weight is 228 g/mol. The van der Waals surface area contributed by atoms with Crippen molar-refractivity contribution in [3.05, 3.63) is 0 Å². The number of carboxylic acids is 1. The van der Waals surface area contributed by atoms with Gasteiger partial charge in [-0.15, -0.1) is 0 Å². The van der Waals surface area contributed by atoms with E-state index in [0.717, 1.165) is 19.3 Å². The third-order valence-corrected chi connectivity index (χ3v) is 2.80. The molecule has 1 aliphatic rings. The maximum atomic E-state index is 11.7. The van der Waals surface area contributed by atoms with Crippen LogP contribution in [0.5, 0.6) is 0 Å². The Morgan fingerprint density at radius 3 is 2.56 bits per heavy atom. The summed E-state index contributed by atoms with van der Waals surface area (Å²) in [5, 5.41) is 11.6. The molecule has 1 unspecified atom stereocenters. The smallest absolute Gasteiger partial charge is 0.317 e. The molecular formula is C11H20N2O3. The van der Waals surface area contributed by atoms with E-state index in [-0.39, 0.29) is 18.5 Å². The molecular weight excluding hydrogens is 208 g/mol. The Morgan fingerprint density at radius 2 is 2.12 bits per heavy atom. The van der Waals surface area contributed by atoms with Crippen LogP contribution in [0.2, 0.25) is 0 Å². The lowest BCUT2D eigenvalue weighted by Gasteiger charge is -2.22. The summed E-state index contributed by atoms with van der Waals surface area (Å²) in [6.45, 7) is 2.69. The van der Waals surface area contributed by atoms with E-state index in [1.807, 2.05) is 6.92 Å². The van der Waals surface area contributed by atoms with Gasteiger partial charge in [0.1, 0.15) is 0 Å². The molecule has 1 saturated carbocycles. The molecule has 0 aromatic carbocycles. The monoisotopic (exact) mass is 228 g/mol. The highest BCUT2D eigenvalue weighted by molar-refractivity contribution is 5.75. The van der Waals surface area contributed by atoms with E-state index in [9.17, 15) is 9.59 Å². The number of carbonyl (C=O) groups excluding carboxylic acids is 1. The first kappa shape index (κ1) is 12.8. The highest BCUT2D eigenvalue weighted by Gasteiger charge is 2.34. The van der Waals surface area contributed by atoms with E-state index in [1.54, 1.807) is 11.9 Å². The van der Waals surface area contributed by atoms with Gasteiger partial charge in [-0.3, -0.25) is 4.79 Å². The van der Waals surface area contributed by atoms with Gasteiger partial charge in [0.05, 0.1) is 6.42 Å². The fourth-order valence-electron chi connectivity index (χ4n) is 1.73. The molecule has 1 atom stereocenters. The third-order valence-electron chi connectivity index (χ3n) is 2.80. The summed E-state index contributed by atoms with van der Waals surface area (Å²) < 4.78 is 0. The average Bonchev–Trinajstić information content (AvgIpc) is 2.99. The molecule has 2 amide bonds. The van der Waals surface area contributed by atoms with Gasteiger partial charge in [0.2, 0.25) is 0 Å². The first-order valence-electron chi connectivity index (χ1n) is 5.78. The van der Waals surface area contributed by atoms with Crippen LogP contribution in [-0.2, 0) is 4.79 Å². The highest BCUT2D eigenvalue weighted by Crippen LogP contribution is 2.34. The van der Waals surface area contributed by atoms with E-state index >= 15 is 0 Å². The van der Waals surface area contributed by atoms with Gasteiger partial charge in [0, 0.05) is 19.6 Å². The van der Waals surface area contributed by atoms with Gasteiger partial charge in [-0.1, -0.05) is 6.92 Å². The zero-order valence-electron chi connectivity index (χ0n) is 9.90. The fourth-order valence-corrected chi connectivity index (χ4v) is 1.73. The van der Waals surface area contributed by atoms with Gasteiger partial charge in [-0.05, 0) is 25.2 Å². The maximum Gasteiger partial charge on any atom is 0.317 e. The van der Waals surface area contributed by atoms with Gasteiger partial charge < -0.3 is 15.3 Å². The summed E-state index contributed by atoms with van der Waals surface area (Å²) >= 11 is 0. The minimum Gasteiger partial charge on any atom is -0.481 e. The summed E-state index contributed by atoms with van der Waals surface area (Å²) in [4.78, 5) is 23.9. The Hall–Kier alpha value is -1.26. The number of rotatable bonds is 6. The molecule has 1 fully saturated rings. The molecule has 16 heavy (non-hydrogen) atoms. The number of amides is 2. The second kappa shape index (κ2) is 5.72. The van der Waals surface area contributed by atoms with Crippen LogP contribution in [0.25, 0.3) is 0 Å². The summed E-state index contributed by atoms with van der Waals surface area (Å²) in [7, 11) is 1.73. The molecule has 0 radical (unpaired) electrons. The molecule has 5 nitrogen and oxygen atoms in total. The van der Waals surface area contributed by atoms with E-state index in [2.05, 4.69) is 5.32 Å². The quantitative estimate of drug-likeness (QED) is 0.719. The van der Waals surface area contributed by atoms with Crippen molar-refractivity contribution in [3.63, 3.8) is 0 Å². The molecule has 0 saturated heterocycles. The van der Waals surface area contributed by atoms with Crippen LogP contribution in [0.15, 0.2) is 0 Å². The number of aliphatic carboxylic acids is 1. The minimum atomic E-state index is -0.852. The Balaban J connectivity index is 2.41. The van der Waals surface area contributed by atoms with Crippen molar-refractivity contribution in [2.45, 2.75) is 38.6 Å². The van der Waals surface area contributed by atoms with E-state index in [4.69, 9.17) is 5.11 Å². The fraction of sp³-hybridized carbons (Fsp3) is 0.818. The van der Waals surface area contributed by atoms with Crippen molar-refractivity contribution in [2.24, 2.45) is 5.92 Å². The Morgan fingerprint density at radius 1 is 1.50 bits per heavy atom. The third kappa shape index (κ3) is 4.08. The van der Waals surface area contributed by atoms with Gasteiger partial charge in [-0.25, -0.2) is 4.79 Å². The van der Waals surface area contributed by atoms with Gasteiger partial charge in [0.25, 0.3) is 0 Å². The number of carboxylic acid groups (broad SMARTS) is 1. The summed E-state index contributed by atoms with van der Waals surface area (Å²) in [6.07, 6.45) is 2.97. The van der Waals surface area contributed by atoms with E-state index in [0.29, 0.717) is 12.5 Å². The number of nitrogens with zero attached hydrogens (tertiary/aromatic N) is 1. The molecule has 1 aliphatic carbocycles. The van der Waals surface area contributed by atoms with Crippen LogP contribution in [0.3, 0.4) is 0 Å². The lowest BCUT2D eigenvalue weighted by Crippen LogP contribution is -2.45. The zero-order valence-corrected chi connectivity index (χ0v) is 9.90. The van der Waals surface area contributed by atoms with E-state index < -0.39 is 5.97 Å². The number of urea groups is 1. The topological polar surface area (TPSA) is 69.6 Å². The standard InChI is InChI=1S/C11H20N2O3/c1-3-6-13(2)11(16)12-9(7-10(14)15)8-4-5-8/h8-9H,3-7H2,1-2H3,(H,12,16)(H,14,15). The lowest BCUT2D eigenvalue weighted by molar-refractivity contribution is -0.137. The molecule has 2 N–H and O–H groups in total. The van der Waals surface area contributed by atoms with Crippen molar-refractivity contribution in [2.75, 3.05) is 13.6 Å². The normalized spacial score (nSPS) is 16.6. The first-order chi connectivity index (χ1) is 7.54. The molecule has 5 heteroatoms. The molecule has 92 valence electrons. The van der Waals surface area contributed by atoms with Crippen molar-refractivity contribution < 1.29 is 14.7 Å². The summed E-state index contributed by atoms with van der Waals surface area (Å²) in [5.74, 6) is -0.495. The first-order valence-corrected chi connectivity index (χ1v) is 5.78. The Bertz CT molecular complexity index is 264. The van der Waals surface area contributed by atoms with Crippen LogP contribution in [-0.4, -0.2) is 41.6 Å². The van der Waals surface area contributed by atoms with Crippen LogP contribution in [0, 0.1) is 5.92 Å². The second-order valence-electron chi connectivity index (χ2n) is 4.41. The molecule has 0 spiro atoms. The summed E-state index contributed by atoms with van der Waals surface area (Å²) in [5.41, 5.74) is 0. The van der Waals surface area contributed by atoms with Gasteiger partial charge in [0.15, 0.2) is 0 Å². The van der Waals surface area contributed by atoms with Crippen molar-refractivity contribution in [3.8, 4) is 0 Å². The number of carbonyl (C=O) groups is 2. The molecule has 0 aromatic rings. The molecule has 0 aliphatic heterocycles. The van der Waals surface area contributed by atoms with Crippen molar-refractivity contribution in [1.82, 2.24) is 10.2 Å². The molecule has 1 rings (SSSR count). The van der Waals surface area contributed by atoms with Gasteiger partial charge in [-0.2, -0.15) is 0 Å². The van der Waals surface area contributed by atoms with Gasteiger partial charge >= 0.3 is 12.0 Å². The lowest BCUT2D eigenvalue weighted by atomic mass is 10.1. The van der Waals surface area contributed by atoms with E-state index in [1.165, 1.54) is 0 Å². The van der Waals surface area contributed by atoms with Crippen LogP contribution in [0.4, 0.5) is 4.79 Å². The second-order valence-corrected chi connectivity index (χ2v) is 4.41. The largest absolute Gasteiger partial charge is 0.481 e. The Kier molecular flexibility index (Phi) is 4.58. The van der Waals surface area contributed by atoms with Crippen LogP contribution in [0.1, 0.15) is 32.6 Å². The van der Waals surface area contributed by atoms with Crippen LogP contribution < -0.4 is 5.32 Å². The van der Waals surface area contributed by atoms with Crippen molar-refractivity contribution >= 4 is 12.0 Å². The summed E-state index contributed by atoms with van der Waals surface area (Å²) in [6, 6.07) is -0.371. The molecule has 0 heterocycles. The SMILES string of the molecule is CCCN(C)C(=O)NC(CC(=O)O)C1CC1. The number of hydrogen-bond acceptors (Lipinski definition) is 2. The van der Waals surface area contributed by atoms with Crippen LogP contribution >= 0.6 is 0 Å². The molecule has 0 bridgehead atoms. The minimum absolute atomic E-state index is 0.0242. The number of nitrogens with one attached hydrogen (secondary N) is 1. The highest BCUT2D eigenvalue weighted by atomic mass is 16.4. The predicted molar refractivity (Wildman–Crippen MR) is 60.2 cm³/mol. The maximum absolute atomic E-state index is 11.7. The predicted octanol–water partition coefficient (Wildman–Crippen LogP) is 1.29. The Labute approximate surface area is 95.8 Å². The zero-order chi connectivity index (χ0) is 12.1. The number of hydrogen-bond donors (Lipinski definition) is 2. The molecule has 0 aromatic heterocycles.